The number of ether oxygens (including phenoxy) is 1. The van der Waals surface area contributed by atoms with Crippen LogP contribution in [0.1, 0.15) is 24.4 Å². The average Bonchev–Trinajstić information content (AvgIpc) is 3.23. The van der Waals surface area contributed by atoms with Gasteiger partial charge in [-0.3, -0.25) is 9.78 Å². The fourth-order valence-electron chi connectivity index (χ4n) is 3.18. The monoisotopic (exact) mass is 366 g/mol. The Bertz CT molecular complexity index is 791. The van der Waals surface area contributed by atoms with E-state index in [4.69, 9.17) is 4.74 Å². The molecule has 4 heterocycles. The average molecular weight is 366 g/mol. The quantitative estimate of drug-likeness (QED) is 0.753. The normalized spacial score (nSPS) is 20.5. The molecule has 136 valence electrons. The second kappa shape index (κ2) is 6.77. The molecule has 2 fully saturated rings. The summed E-state index contributed by atoms with van der Waals surface area (Å²) in [4.78, 5) is 0. The Hall–Kier alpha value is -1.91. The molecular formula is C15H22N6O3S. The number of nitrogens with one attached hydrogen (secondary N) is 2. The van der Waals surface area contributed by atoms with Crippen molar-refractivity contribution in [2.24, 2.45) is 0 Å². The van der Waals surface area contributed by atoms with E-state index >= 15 is 0 Å². The first-order valence-electron chi connectivity index (χ1n) is 8.47. The van der Waals surface area contributed by atoms with Crippen LogP contribution in [0, 0.1) is 0 Å². The number of aromatic nitrogens is 4. The molecule has 25 heavy (non-hydrogen) atoms. The highest BCUT2D eigenvalue weighted by atomic mass is 32.2. The Morgan fingerprint density at radius 3 is 2.68 bits per heavy atom. The molecule has 10 heteroatoms. The van der Waals surface area contributed by atoms with Gasteiger partial charge in [0.2, 0.25) is 10.0 Å². The van der Waals surface area contributed by atoms with Crippen molar-refractivity contribution >= 4 is 10.0 Å². The third-order valence-electron chi connectivity index (χ3n) is 4.86. The molecule has 0 bridgehead atoms. The van der Waals surface area contributed by atoms with E-state index in [-0.39, 0.29) is 11.3 Å². The molecule has 2 aliphatic rings. The number of hydrogen-bond acceptors (Lipinski definition) is 6. The first kappa shape index (κ1) is 16.6. The molecule has 2 aromatic rings. The maximum Gasteiger partial charge on any atom is 0.219 e. The summed E-state index contributed by atoms with van der Waals surface area (Å²) >= 11 is 0. The summed E-state index contributed by atoms with van der Waals surface area (Å²) in [6.07, 6.45) is 8.65. The second-order valence-corrected chi connectivity index (χ2v) is 8.72. The van der Waals surface area contributed by atoms with Crippen molar-refractivity contribution in [1.29, 1.82) is 0 Å². The van der Waals surface area contributed by atoms with Gasteiger partial charge >= 0.3 is 0 Å². The van der Waals surface area contributed by atoms with Crippen LogP contribution in [-0.4, -0.2) is 64.1 Å². The summed E-state index contributed by atoms with van der Waals surface area (Å²) in [7, 11) is -3.15. The lowest BCUT2D eigenvalue weighted by atomic mass is 10.1. The van der Waals surface area contributed by atoms with Crippen molar-refractivity contribution in [3.05, 3.63) is 30.4 Å². The third-order valence-corrected chi connectivity index (χ3v) is 7.12. The molecule has 0 amide bonds. The van der Waals surface area contributed by atoms with Crippen LogP contribution >= 0.6 is 0 Å². The van der Waals surface area contributed by atoms with Crippen molar-refractivity contribution in [3.63, 3.8) is 0 Å². The molecule has 2 aromatic heterocycles. The third kappa shape index (κ3) is 3.42. The molecule has 9 nitrogen and oxygen atoms in total. The van der Waals surface area contributed by atoms with E-state index in [1.807, 2.05) is 10.9 Å². The smallest absolute Gasteiger partial charge is 0.219 e. The number of sulfonamides is 1. The zero-order valence-electron chi connectivity index (χ0n) is 13.8. The fourth-order valence-corrected chi connectivity index (χ4v) is 4.98. The van der Waals surface area contributed by atoms with E-state index in [2.05, 4.69) is 20.6 Å². The predicted molar refractivity (Wildman–Crippen MR) is 90.6 cm³/mol. The van der Waals surface area contributed by atoms with Crippen molar-refractivity contribution in [2.45, 2.75) is 30.7 Å². The molecule has 2 aliphatic heterocycles. The Kier molecular flexibility index (Phi) is 4.48. The fraction of sp³-hybridized carbons (Fsp3) is 0.600. The number of nitrogens with zero attached hydrogens (tertiary/aromatic N) is 4. The molecule has 0 aromatic carbocycles. The van der Waals surface area contributed by atoms with Crippen LogP contribution in [0.2, 0.25) is 0 Å². The minimum absolute atomic E-state index is 0.230. The Balaban J connectivity index is 1.32. The number of H-pyrrole nitrogens is 1. The van der Waals surface area contributed by atoms with Crippen molar-refractivity contribution in [2.75, 3.05) is 26.2 Å². The van der Waals surface area contributed by atoms with Gasteiger partial charge < -0.3 is 10.1 Å². The summed E-state index contributed by atoms with van der Waals surface area (Å²) in [5.41, 5.74) is 0.983. The molecule has 0 spiro atoms. The molecule has 0 aliphatic carbocycles. The van der Waals surface area contributed by atoms with Gasteiger partial charge in [-0.05, 0) is 12.8 Å². The van der Waals surface area contributed by atoms with Gasteiger partial charge in [-0.2, -0.15) is 10.2 Å². The van der Waals surface area contributed by atoms with Crippen LogP contribution in [0.15, 0.2) is 24.8 Å². The lowest BCUT2D eigenvalue weighted by Gasteiger charge is -2.36. The van der Waals surface area contributed by atoms with E-state index in [0.29, 0.717) is 38.5 Å². The van der Waals surface area contributed by atoms with Crippen LogP contribution in [0.5, 0.6) is 5.75 Å². The SMILES string of the molecule is O=S(=O)(C1CNC1)N1CCC(n2cc(COc3cn[nH]c3)cn2)CC1. The van der Waals surface area contributed by atoms with Crippen molar-refractivity contribution in [1.82, 2.24) is 29.6 Å². The summed E-state index contributed by atoms with van der Waals surface area (Å²) < 4.78 is 34.1. The van der Waals surface area contributed by atoms with Gasteiger partial charge in [0.05, 0.1) is 24.6 Å². The first-order valence-corrected chi connectivity index (χ1v) is 9.97. The van der Waals surface area contributed by atoms with E-state index < -0.39 is 10.0 Å². The zero-order chi connectivity index (χ0) is 17.3. The Morgan fingerprint density at radius 1 is 1.24 bits per heavy atom. The molecule has 0 radical (unpaired) electrons. The number of piperidine rings is 1. The Morgan fingerprint density at radius 2 is 2.04 bits per heavy atom. The number of hydrogen-bond donors (Lipinski definition) is 2. The second-order valence-electron chi connectivity index (χ2n) is 6.51. The molecule has 0 unspecified atom stereocenters. The van der Waals surface area contributed by atoms with Gasteiger partial charge in [0.1, 0.15) is 11.9 Å². The number of rotatable bonds is 6. The highest BCUT2D eigenvalue weighted by molar-refractivity contribution is 7.89. The molecule has 4 rings (SSSR count). The topological polar surface area (TPSA) is 105 Å². The highest BCUT2D eigenvalue weighted by Gasteiger charge is 2.38. The molecule has 0 atom stereocenters. The lowest BCUT2D eigenvalue weighted by Crippen LogP contribution is -2.57. The van der Waals surface area contributed by atoms with E-state index in [9.17, 15) is 8.42 Å². The van der Waals surface area contributed by atoms with E-state index in [0.717, 1.165) is 18.4 Å². The first-order chi connectivity index (χ1) is 12.1. The van der Waals surface area contributed by atoms with Gasteiger partial charge in [-0.25, -0.2) is 12.7 Å². The van der Waals surface area contributed by atoms with Crippen molar-refractivity contribution < 1.29 is 13.2 Å². The van der Waals surface area contributed by atoms with E-state index in [1.165, 1.54) is 0 Å². The minimum Gasteiger partial charge on any atom is -0.486 e. The largest absolute Gasteiger partial charge is 0.486 e. The van der Waals surface area contributed by atoms with Crippen LogP contribution in [-0.2, 0) is 16.6 Å². The predicted octanol–water partition coefficient (Wildman–Crippen LogP) is 0.124. The maximum absolute atomic E-state index is 12.5. The molecule has 2 N–H and O–H groups in total. The van der Waals surface area contributed by atoms with E-state index in [1.54, 1.807) is 22.9 Å². The highest BCUT2D eigenvalue weighted by Crippen LogP contribution is 2.26. The summed E-state index contributed by atoms with van der Waals surface area (Å²) in [5, 5.41) is 13.7. The van der Waals surface area contributed by atoms with Crippen molar-refractivity contribution in [3.8, 4) is 5.75 Å². The molecule has 0 saturated carbocycles. The van der Waals surface area contributed by atoms with Gasteiger partial charge in [0.25, 0.3) is 0 Å². The maximum atomic E-state index is 12.5. The van der Waals surface area contributed by atoms with Gasteiger partial charge in [-0.1, -0.05) is 0 Å². The molecule has 2 saturated heterocycles. The van der Waals surface area contributed by atoms with Crippen LogP contribution < -0.4 is 10.1 Å². The van der Waals surface area contributed by atoms with Crippen LogP contribution in [0.3, 0.4) is 0 Å². The van der Waals surface area contributed by atoms with Crippen LogP contribution in [0.4, 0.5) is 0 Å². The summed E-state index contributed by atoms with van der Waals surface area (Å²) in [5.74, 6) is 0.691. The van der Waals surface area contributed by atoms with Gasteiger partial charge in [-0.15, -0.1) is 0 Å². The minimum atomic E-state index is -3.15. The van der Waals surface area contributed by atoms with Gasteiger partial charge in [0.15, 0.2) is 5.75 Å². The standard InChI is InChI=1S/C15H22N6O3S/c22-25(23,15-8-16-9-15)20-3-1-13(2-4-20)21-10-12(5-19-21)11-24-14-6-17-18-7-14/h5-7,10,13,15-16H,1-4,8-9,11H2,(H,17,18). The molecular weight excluding hydrogens is 344 g/mol. The lowest BCUT2D eigenvalue weighted by molar-refractivity contribution is 0.256. The Labute approximate surface area is 146 Å². The van der Waals surface area contributed by atoms with Gasteiger partial charge in [0, 0.05) is 37.9 Å². The van der Waals surface area contributed by atoms with Crippen LogP contribution in [0.25, 0.3) is 0 Å². The zero-order valence-corrected chi connectivity index (χ0v) is 14.7. The number of aromatic amines is 1. The summed E-state index contributed by atoms with van der Waals surface area (Å²) in [6.45, 7) is 2.69. The summed E-state index contributed by atoms with van der Waals surface area (Å²) in [6, 6.07) is 0.230.